The van der Waals surface area contributed by atoms with Gasteiger partial charge in [-0.15, -0.1) is 5.10 Å². The smallest absolute Gasteiger partial charge is 0.185 e. The minimum atomic E-state index is -0.218. The number of aliphatic imine (C=N–C) groups is 1. The number of fused-ring (bicyclic) bond motifs is 1. The molecule has 0 aliphatic carbocycles. The summed E-state index contributed by atoms with van der Waals surface area (Å²) in [5.41, 5.74) is 6.20. The molecule has 0 spiro atoms. The highest BCUT2D eigenvalue weighted by Gasteiger charge is 2.23. The SMILES string of the molecule is NC1=CC=NC2=NN=NC12. The van der Waals surface area contributed by atoms with Crippen molar-refractivity contribution >= 4 is 12.1 Å². The first-order valence-electron chi connectivity index (χ1n) is 2.85. The van der Waals surface area contributed by atoms with Crippen LogP contribution in [0.4, 0.5) is 0 Å². The van der Waals surface area contributed by atoms with E-state index in [4.69, 9.17) is 5.73 Å². The lowest BCUT2D eigenvalue weighted by Crippen LogP contribution is -2.24. The van der Waals surface area contributed by atoms with Crippen molar-refractivity contribution in [2.75, 3.05) is 0 Å². The van der Waals surface area contributed by atoms with Crippen LogP contribution in [0, 0.1) is 0 Å². The van der Waals surface area contributed by atoms with E-state index in [1.165, 1.54) is 0 Å². The van der Waals surface area contributed by atoms with E-state index in [-0.39, 0.29) is 6.04 Å². The lowest BCUT2D eigenvalue weighted by molar-refractivity contribution is 0.912. The van der Waals surface area contributed by atoms with Gasteiger partial charge in [0, 0.05) is 11.9 Å². The van der Waals surface area contributed by atoms with Gasteiger partial charge in [0.25, 0.3) is 0 Å². The fraction of sp³-hybridized carbons (Fsp3) is 0.200. The van der Waals surface area contributed by atoms with Crippen LogP contribution in [-0.4, -0.2) is 18.1 Å². The molecule has 2 heterocycles. The predicted octanol–water partition coefficient (Wildman–Crippen LogP) is 0.0613. The molecular weight excluding hydrogens is 130 g/mol. The van der Waals surface area contributed by atoms with Gasteiger partial charge in [-0.25, -0.2) is 4.99 Å². The van der Waals surface area contributed by atoms with Gasteiger partial charge < -0.3 is 5.73 Å². The maximum absolute atomic E-state index is 5.56. The molecular formula is C5H5N5. The Morgan fingerprint density at radius 3 is 3.20 bits per heavy atom. The summed E-state index contributed by atoms with van der Waals surface area (Å²) in [6, 6.07) is -0.218. The molecule has 0 bridgehead atoms. The predicted molar refractivity (Wildman–Crippen MR) is 36.8 cm³/mol. The largest absolute Gasteiger partial charge is 0.400 e. The first-order valence-corrected chi connectivity index (χ1v) is 2.85. The number of rotatable bonds is 0. The summed E-state index contributed by atoms with van der Waals surface area (Å²) in [4.78, 5) is 3.92. The van der Waals surface area contributed by atoms with E-state index in [0.29, 0.717) is 11.5 Å². The monoisotopic (exact) mass is 135 g/mol. The molecule has 2 aliphatic heterocycles. The molecule has 5 nitrogen and oxygen atoms in total. The van der Waals surface area contributed by atoms with Gasteiger partial charge in [-0.2, -0.15) is 5.11 Å². The van der Waals surface area contributed by atoms with E-state index >= 15 is 0 Å². The highest BCUT2D eigenvalue weighted by atomic mass is 15.4. The zero-order chi connectivity index (χ0) is 6.97. The molecule has 2 rings (SSSR count). The third-order valence-corrected chi connectivity index (χ3v) is 1.35. The Bertz CT molecular complexity index is 272. The molecule has 0 radical (unpaired) electrons. The summed E-state index contributed by atoms with van der Waals surface area (Å²) >= 11 is 0. The van der Waals surface area contributed by atoms with Crippen LogP contribution in [0.15, 0.2) is 32.2 Å². The summed E-state index contributed by atoms with van der Waals surface area (Å²) in [5.74, 6) is 0.583. The summed E-state index contributed by atoms with van der Waals surface area (Å²) in [5, 5.41) is 10.9. The van der Waals surface area contributed by atoms with E-state index < -0.39 is 0 Å². The molecule has 50 valence electrons. The van der Waals surface area contributed by atoms with Crippen LogP contribution in [0.1, 0.15) is 0 Å². The van der Waals surface area contributed by atoms with Gasteiger partial charge in [0.2, 0.25) is 0 Å². The third kappa shape index (κ3) is 0.570. The Hall–Kier alpha value is -1.52. The number of nitrogens with zero attached hydrogens (tertiary/aromatic N) is 4. The third-order valence-electron chi connectivity index (χ3n) is 1.35. The van der Waals surface area contributed by atoms with Crippen molar-refractivity contribution in [3.8, 4) is 0 Å². The molecule has 2 aliphatic rings. The van der Waals surface area contributed by atoms with Crippen LogP contribution in [-0.2, 0) is 0 Å². The van der Waals surface area contributed by atoms with Crippen LogP contribution < -0.4 is 5.73 Å². The van der Waals surface area contributed by atoms with Crippen molar-refractivity contribution in [3.63, 3.8) is 0 Å². The van der Waals surface area contributed by atoms with Gasteiger partial charge in [-0.1, -0.05) is 0 Å². The van der Waals surface area contributed by atoms with Crippen molar-refractivity contribution < 1.29 is 0 Å². The molecule has 0 saturated carbocycles. The number of hydrogen-bond donors (Lipinski definition) is 1. The molecule has 0 aromatic heterocycles. The van der Waals surface area contributed by atoms with Crippen molar-refractivity contribution in [1.82, 2.24) is 0 Å². The van der Waals surface area contributed by atoms with Crippen molar-refractivity contribution in [3.05, 3.63) is 11.8 Å². The highest BCUT2D eigenvalue weighted by molar-refractivity contribution is 6.01. The lowest BCUT2D eigenvalue weighted by atomic mass is 10.2. The van der Waals surface area contributed by atoms with Crippen LogP contribution in [0.25, 0.3) is 0 Å². The maximum atomic E-state index is 5.56. The normalized spacial score (nSPS) is 27.8. The first kappa shape index (κ1) is 5.28. The lowest BCUT2D eigenvalue weighted by Gasteiger charge is -2.07. The minimum Gasteiger partial charge on any atom is -0.400 e. The van der Waals surface area contributed by atoms with E-state index in [2.05, 4.69) is 20.4 Å². The zero-order valence-electron chi connectivity index (χ0n) is 5.10. The molecule has 10 heavy (non-hydrogen) atoms. The number of hydrogen-bond acceptors (Lipinski definition) is 5. The fourth-order valence-corrected chi connectivity index (χ4v) is 0.833. The molecule has 1 unspecified atom stereocenters. The van der Waals surface area contributed by atoms with Crippen LogP contribution >= 0.6 is 0 Å². The van der Waals surface area contributed by atoms with E-state index in [0.717, 1.165) is 0 Å². The summed E-state index contributed by atoms with van der Waals surface area (Å²) in [7, 11) is 0. The molecule has 1 atom stereocenters. The van der Waals surface area contributed by atoms with Gasteiger partial charge >= 0.3 is 0 Å². The van der Waals surface area contributed by atoms with Crippen LogP contribution in [0.2, 0.25) is 0 Å². The Morgan fingerprint density at radius 2 is 2.40 bits per heavy atom. The first-order chi connectivity index (χ1) is 4.88. The topological polar surface area (TPSA) is 75.5 Å². The summed E-state index contributed by atoms with van der Waals surface area (Å²) in [6.07, 6.45) is 3.30. The molecule has 0 fully saturated rings. The number of amidine groups is 1. The van der Waals surface area contributed by atoms with Gasteiger partial charge in [0.1, 0.15) is 0 Å². The standard InChI is InChI=1S/C5H5N5/c6-3-1-2-7-5-4(3)8-10-9-5/h1-2,4H,6H2. The number of dihydropyridines is 1. The Morgan fingerprint density at radius 1 is 1.50 bits per heavy atom. The average Bonchev–Trinajstić information content (AvgIpc) is 2.36. The molecule has 0 aromatic carbocycles. The van der Waals surface area contributed by atoms with E-state index in [1.54, 1.807) is 12.3 Å². The molecule has 2 N–H and O–H groups in total. The fourth-order valence-electron chi connectivity index (χ4n) is 0.833. The van der Waals surface area contributed by atoms with Crippen molar-refractivity contribution in [2.45, 2.75) is 6.04 Å². The molecule has 0 amide bonds. The summed E-state index contributed by atoms with van der Waals surface area (Å²) in [6.45, 7) is 0. The van der Waals surface area contributed by atoms with Gasteiger partial charge in [0.05, 0.1) is 0 Å². The highest BCUT2D eigenvalue weighted by Crippen LogP contribution is 2.14. The quantitative estimate of drug-likeness (QED) is 0.501. The van der Waals surface area contributed by atoms with Crippen LogP contribution in [0.5, 0.6) is 0 Å². The Labute approximate surface area is 57.0 Å². The van der Waals surface area contributed by atoms with Crippen molar-refractivity contribution in [2.24, 2.45) is 26.2 Å². The second-order valence-electron chi connectivity index (χ2n) is 2.01. The van der Waals surface area contributed by atoms with Gasteiger partial charge in [-0.3, -0.25) is 0 Å². The van der Waals surface area contributed by atoms with E-state index in [1.807, 2.05) is 0 Å². The van der Waals surface area contributed by atoms with Crippen LogP contribution in [0.3, 0.4) is 0 Å². The second-order valence-corrected chi connectivity index (χ2v) is 2.01. The van der Waals surface area contributed by atoms with Crippen molar-refractivity contribution in [1.29, 1.82) is 0 Å². The second kappa shape index (κ2) is 1.73. The molecule has 5 heteroatoms. The molecule has 0 saturated heterocycles. The number of nitrogens with two attached hydrogens (primary N) is 1. The Kier molecular flexibility index (Phi) is 0.913. The zero-order valence-corrected chi connectivity index (χ0v) is 5.10. The van der Waals surface area contributed by atoms with Gasteiger partial charge in [-0.05, 0) is 11.3 Å². The Balaban J connectivity index is 2.43. The maximum Gasteiger partial charge on any atom is 0.185 e. The van der Waals surface area contributed by atoms with E-state index in [9.17, 15) is 0 Å². The molecule has 0 aromatic rings. The summed E-state index contributed by atoms with van der Waals surface area (Å²) < 4.78 is 0. The minimum absolute atomic E-state index is 0.218. The van der Waals surface area contributed by atoms with Gasteiger partial charge in [0.15, 0.2) is 11.9 Å². The number of allylic oxidation sites excluding steroid dienone is 1. The average molecular weight is 135 g/mol.